The van der Waals surface area contributed by atoms with Crippen molar-refractivity contribution in [2.24, 2.45) is 0 Å². The van der Waals surface area contributed by atoms with Crippen molar-refractivity contribution in [3.8, 4) is 0 Å². The maximum Gasteiger partial charge on any atom is 0.416 e. The van der Waals surface area contributed by atoms with Crippen molar-refractivity contribution in [1.82, 2.24) is 0 Å². The lowest BCUT2D eigenvalue weighted by molar-refractivity contribution is -0.139. The summed E-state index contributed by atoms with van der Waals surface area (Å²) in [6, 6.07) is 2.35. The molecule has 0 aliphatic heterocycles. The highest BCUT2D eigenvalue weighted by Crippen LogP contribution is 2.60. The molecule has 9 heteroatoms. The van der Waals surface area contributed by atoms with E-state index in [1.165, 1.54) is 0 Å². The van der Waals surface area contributed by atoms with E-state index in [1.807, 2.05) is 0 Å². The summed E-state index contributed by atoms with van der Waals surface area (Å²) in [7, 11) is -4.68. The van der Waals surface area contributed by atoms with Crippen molar-refractivity contribution < 1.29 is 35.8 Å². The Morgan fingerprint density at radius 1 is 1.16 bits per heavy atom. The molecular weight excluding hydrogens is 297 g/mol. The van der Waals surface area contributed by atoms with Gasteiger partial charge in [0.05, 0.1) is 5.56 Å². The minimum atomic E-state index is -5.11. The number of hydrogen-bond donors (Lipinski definition) is 1. The summed E-state index contributed by atoms with van der Waals surface area (Å²) in [4.78, 5) is 9.11. The second kappa shape index (κ2) is 4.83. The van der Waals surface area contributed by atoms with Crippen molar-refractivity contribution >= 4 is 7.37 Å². The fourth-order valence-electron chi connectivity index (χ4n) is 1.62. The van der Waals surface area contributed by atoms with E-state index in [9.17, 15) is 30.9 Å². The van der Waals surface area contributed by atoms with Gasteiger partial charge < -0.3 is 4.89 Å². The highest BCUT2D eigenvalue weighted by atomic mass is 31.2. The van der Waals surface area contributed by atoms with Crippen molar-refractivity contribution in [2.45, 2.75) is 18.0 Å². The van der Waals surface area contributed by atoms with Crippen LogP contribution in [0.25, 0.3) is 0 Å². The second-order valence-electron chi connectivity index (χ2n) is 4.01. The number of halogens is 6. The highest BCUT2D eigenvalue weighted by molar-refractivity contribution is 7.57. The Hall–Kier alpha value is -1.01. The number of alkyl halides is 6. The molecule has 2 atom stereocenters. The number of rotatable bonds is 2. The van der Waals surface area contributed by atoms with Gasteiger partial charge in [0, 0.05) is 6.66 Å². The number of benzene rings is 1. The fraction of sp³-hybridized carbons (Fsp3) is 0.400. The maximum atomic E-state index is 12.7. The van der Waals surface area contributed by atoms with Gasteiger partial charge in [-0.2, -0.15) is 26.3 Å². The molecule has 0 bridgehead atoms. The van der Waals surface area contributed by atoms with Gasteiger partial charge in [0.2, 0.25) is 7.37 Å². The van der Waals surface area contributed by atoms with Crippen molar-refractivity contribution in [2.75, 3.05) is 6.66 Å². The van der Waals surface area contributed by atoms with Crippen LogP contribution < -0.4 is 0 Å². The zero-order chi connectivity index (χ0) is 15.1. The lowest BCUT2D eigenvalue weighted by atomic mass is 10.1. The first kappa shape index (κ1) is 16.0. The first-order chi connectivity index (χ1) is 8.33. The normalized spacial score (nSPS) is 17.9. The molecule has 1 N–H and O–H groups in total. The van der Waals surface area contributed by atoms with Crippen LogP contribution in [-0.2, 0) is 10.7 Å². The fourth-order valence-corrected chi connectivity index (χ4v) is 2.88. The van der Waals surface area contributed by atoms with Gasteiger partial charge in [-0.25, -0.2) is 0 Å². The Morgan fingerprint density at radius 3 is 2.05 bits per heavy atom. The molecule has 0 saturated carbocycles. The molecule has 19 heavy (non-hydrogen) atoms. The van der Waals surface area contributed by atoms with Gasteiger partial charge in [-0.3, -0.25) is 4.57 Å². The van der Waals surface area contributed by atoms with Crippen LogP contribution in [0, 0.1) is 0 Å². The van der Waals surface area contributed by atoms with Gasteiger partial charge >= 0.3 is 12.4 Å². The summed E-state index contributed by atoms with van der Waals surface area (Å²) in [5.41, 5.74) is -5.01. The first-order valence-electron chi connectivity index (χ1n) is 4.87. The van der Waals surface area contributed by atoms with Crippen LogP contribution >= 0.6 is 7.37 Å². The molecule has 0 aliphatic rings. The molecule has 0 aromatic heterocycles. The summed E-state index contributed by atoms with van der Waals surface area (Å²) in [5.74, 6) is 0. The van der Waals surface area contributed by atoms with Crippen LogP contribution in [-0.4, -0.2) is 17.7 Å². The zero-order valence-electron chi connectivity index (χ0n) is 9.46. The molecule has 0 radical (unpaired) electrons. The summed E-state index contributed by atoms with van der Waals surface area (Å²) >= 11 is 0. The highest BCUT2D eigenvalue weighted by Gasteiger charge is 2.50. The summed E-state index contributed by atoms with van der Waals surface area (Å²) in [6.45, 7) is 0.464. The smallest absolute Gasteiger partial charge is 0.344 e. The van der Waals surface area contributed by atoms with Gasteiger partial charge in [-0.05, 0) is 11.6 Å². The molecule has 1 aromatic rings. The van der Waals surface area contributed by atoms with Crippen LogP contribution in [0.5, 0.6) is 0 Å². The Morgan fingerprint density at radius 2 is 1.68 bits per heavy atom. The Bertz CT molecular complexity index is 501. The van der Waals surface area contributed by atoms with Crippen LogP contribution in [0.3, 0.4) is 0 Å². The summed E-state index contributed by atoms with van der Waals surface area (Å²) < 4.78 is 86.7. The molecule has 2 nitrogen and oxygen atoms in total. The van der Waals surface area contributed by atoms with E-state index in [0.29, 0.717) is 12.7 Å². The molecule has 0 aliphatic carbocycles. The Kier molecular flexibility index (Phi) is 4.08. The molecule has 0 amide bonds. The predicted molar refractivity (Wildman–Crippen MR) is 56.0 cm³/mol. The molecule has 108 valence electrons. The van der Waals surface area contributed by atoms with Gasteiger partial charge in [-0.15, -0.1) is 0 Å². The van der Waals surface area contributed by atoms with Gasteiger partial charge in [0.25, 0.3) is 0 Å². The molecule has 1 aromatic carbocycles. The van der Waals surface area contributed by atoms with Gasteiger partial charge in [0.15, 0.2) is 5.66 Å². The average molecular weight is 306 g/mol. The minimum Gasteiger partial charge on any atom is -0.344 e. The van der Waals surface area contributed by atoms with Gasteiger partial charge in [0.1, 0.15) is 0 Å². The van der Waals surface area contributed by atoms with Crippen LogP contribution in [0.2, 0.25) is 0 Å². The molecule has 1 rings (SSSR count). The molecular formula is C10H9F6O2P. The van der Waals surface area contributed by atoms with Crippen LogP contribution in [0.4, 0.5) is 26.3 Å². The number of hydrogen-bond acceptors (Lipinski definition) is 1. The quantitative estimate of drug-likeness (QED) is 0.656. The monoisotopic (exact) mass is 306 g/mol. The van der Waals surface area contributed by atoms with Crippen molar-refractivity contribution in [3.05, 3.63) is 35.4 Å². The molecule has 0 spiro atoms. The van der Waals surface area contributed by atoms with Crippen molar-refractivity contribution in [1.29, 1.82) is 0 Å². The van der Waals surface area contributed by atoms with Crippen LogP contribution in [0.1, 0.15) is 16.8 Å². The average Bonchev–Trinajstić information content (AvgIpc) is 2.11. The minimum absolute atomic E-state index is 0.241. The lowest BCUT2D eigenvalue weighted by Gasteiger charge is -2.23. The third-order valence-electron chi connectivity index (χ3n) is 2.32. The standard InChI is InChI=1S/C10H9F6O2P/c1-19(17,18)8(10(14,15)16)6-3-2-4-7(5-6)9(11,12)13/h2-5,8H,1H3,(H,17,18)/t8-/m0/s1. The van der Waals surface area contributed by atoms with E-state index >= 15 is 0 Å². The van der Waals surface area contributed by atoms with E-state index in [1.54, 1.807) is 0 Å². The van der Waals surface area contributed by atoms with Crippen molar-refractivity contribution in [3.63, 3.8) is 0 Å². The summed E-state index contributed by atoms with van der Waals surface area (Å²) in [5, 5.41) is 0. The molecule has 0 fully saturated rings. The van der Waals surface area contributed by atoms with E-state index in [0.717, 1.165) is 12.1 Å². The van der Waals surface area contributed by atoms with Crippen LogP contribution in [0.15, 0.2) is 24.3 Å². The summed E-state index contributed by atoms with van der Waals surface area (Å²) in [6.07, 6.45) is -9.93. The molecule has 1 unspecified atom stereocenters. The predicted octanol–water partition coefficient (Wildman–Crippen LogP) is 4.21. The molecule has 0 heterocycles. The first-order valence-corrected chi connectivity index (χ1v) is 7.05. The molecule has 0 saturated heterocycles. The third-order valence-corrected chi connectivity index (χ3v) is 3.87. The lowest BCUT2D eigenvalue weighted by Crippen LogP contribution is -2.21. The van der Waals surface area contributed by atoms with E-state index in [-0.39, 0.29) is 6.07 Å². The SMILES string of the molecule is CP(=O)(O)[C@@H](c1cccc(C(F)(F)F)c1)C(F)(F)F. The maximum absolute atomic E-state index is 12.7. The third kappa shape index (κ3) is 3.98. The van der Waals surface area contributed by atoms with E-state index in [4.69, 9.17) is 4.89 Å². The topological polar surface area (TPSA) is 37.3 Å². The Labute approximate surface area is 104 Å². The largest absolute Gasteiger partial charge is 0.416 e. The van der Waals surface area contributed by atoms with E-state index < -0.39 is 36.5 Å². The Balaban J connectivity index is 3.38. The van der Waals surface area contributed by atoms with E-state index in [2.05, 4.69) is 0 Å². The zero-order valence-corrected chi connectivity index (χ0v) is 10.4. The van der Waals surface area contributed by atoms with Gasteiger partial charge in [-0.1, -0.05) is 18.2 Å². The second-order valence-corrected chi connectivity index (χ2v) is 6.41.